The molecule has 0 N–H and O–H groups in total. The third-order valence-corrected chi connectivity index (χ3v) is 19.9. The minimum absolute atomic E-state index is 0.00685. The lowest BCUT2D eigenvalue weighted by atomic mass is 9.81. The summed E-state index contributed by atoms with van der Waals surface area (Å²) in [6.45, 7) is -0.923. The molecular formula is C84H52F24NO2+. The van der Waals surface area contributed by atoms with Gasteiger partial charge in [0, 0.05) is 22.3 Å². The highest BCUT2D eigenvalue weighted by Crippen LogP contribution is 2.54. The summed E-state index contributed by atoms with van der Waals surface area (Å²) >= 11 is 0. The molecule has 2 atom stereocenters. The Morgan fingerprint density at radius 2 is 0.477 bits per heavy atom. The second kappa shape index (κ2) is 28.0. The highest BCUT2D eigenvalue weighted by atomic mass is 19.4. The molecule has 1 fully saturated rings. The predicted molar refractivity (Wildman–Crippen MR) is 367 cm³/mol. The van der Waals surface area contributed by atoms with E-state index >= 15 is 0 Å². The van der Waals surface area contributed by atoms with E-state index in [0.717, 1.165) is 36.4 Å². The number of benzene rings is 12. The van der Waals surface area contributed by atoms with Crippen molar-refractivity contribution < 1.29 is 119 Å². The average Bonchev–Trinajstić information content (AvgIpc) is 1.62. The van der Waals surface area contributed by atoms with Gasteiger partial charge in [-0.25, -0.2) is 0 Å². The summed E-state index contributed by atoms with van der Waals surface area (Å²) in [7, 11) is 0. The van der Waals surface area contributed by atoms with Gasteiger partial charge in [0.2, 0.25) is 0 Å². The highest BCUT2D eigenvalue weighted by molar-refractivity contribution is 6.12. The van der Waals surface area contributed by atoms with E-state index in [1.807, 2.05) is 0 Å². The zero-order chi connectivity index (χ0) is 79.5. The van der Waals surface area contributed by atoms with Crippen LogP contribution >= 0.6 is 0 Å². The Hall–Kier alpha value is -10.6. The van der Waals surface area contributed by atoms with E-state index in [1.54, 1.807) is 109 Å². The molecule has 2 aliphatic rings. The van der Waals surface area contributed by atoms with E-state index in [0.29, 0.717) is 70.4 Å². The van der Waals surface area contributed by atoms with Gasteiger partial charge in [-0.05, 0) is 221 Å². The van der Waals surface area contributed by atoms with Crippen LogP contribution in [0.25, 0.3) is 99.4 Å². The Balaban J connectivity index is 1.13. The maximum absolute atomic E-state index is 14.9. The van der Waals surface area contributed by atoms with Crippen molar-refractivity contribution in [1.29, 1.82) is 0 Å². The molecule has 111 heavy (non-hydrogen) atoms. The number of nitrogens with zero attached hydrogens (tertiary/aromatic N) is 1. The van der Waals surface area contributed by atoms with Gasteiger partial charge in [0.05, 0.1) is 57.7 Å². The van der Waals surface area contributed by atoms with E-state index in [9.17, 15) is 105 Å². The highest BCUT2D eigenvalue weighted by Gasteiger charge is 2.51. The fourth-order valence-corrected chi connectivity index (χ4v) is 14.8. The second-order valence-electron chi connectivity index (χ2n) is 27.5. The first kappa shape index (κ1) is 77.1. The van der Waals surface area contributed by atoms with Crippen LogP contribution in [0, 0.1) is 0 Å². The minimum Gasteiger partial charge on any atom is -0.365 e. The number of hydrogen-bond donors (Lipinski definition) is 0. The van der Waals surface area contributed by atoms with Crippen molar-refractivity contribution in [1.82, 2.24) is 0 Å². The lowest BCUT2D eigenvalue weighted by molar-refractivity contribution is -0.944. The van der Waals surface area contributed by atoms with E-state index in [-0.39, 0.29) is 123 Å². The standard InChI is InChI=1S/C84H52F24NO2/c85-77(86,87)59-25-53(26-60(35-59)78(88,89)90)49-19-50(54-27-61(79(91,92)93)36-62(28-54)80(94,95)96)22-57(21-49)69-33-47-15-7-9-17-67(47)75-71(69)39-109(41-73(110-43-45-11-3-1-4-12-45)74(42-109)111-44-46-13-5-2-6-14-46)40-72-70(34-48-16-8-10-18-68(48)76(72)75)58-23-51(55-29-63(81(97,98)99)37-64(30-55)82(100,101)102)20-52(24-58)56-31-65(83(103,104)105)38-66(32-56)84(106,107)108/h1-38,73-74H,39-44H2/q+1/t73-,74-/m1/s1. The van der Waals surface area contributed by atoms with Crippen LogP contribution in [-0.2, 0) is 85.2 Å². The number of rotatable bonds is 12. The van der Waals surface area contributed by atoms with Crippen molar-refractivity contribution in [2.75, 3.05) is 13.1 Å². The monoisotopic (exact) mass is 1560 g/mol. The largest absolute Gasteiger partial charge is 0.416 e. The van der Waals surface area contributed by atoms with Crippen LogP contribution in [0.4, 0.5) is 105 Å². The molecule has 572 valence electrons. The topological polar surface area (TPSA) is 18.5 Å². The van der Waals surface area contributed by atoms with Crippen molar-refractivity contribution in [2.24, 2.45) is 0 Å². The van der Waals surface area contributed by atoms with Crippen LogP contribution in [0.3, 0.4) is 0 Å². The van der Waals surface area contributed by atoms with Gasteiger partial charge in [0.25, 0.3) is 0 Å². The molecule has 0 unspecified atom stereocenters. The number of ether oxygens (including phenoxy) is 2. The first-order valence-corrected chi connectivity index (χ1v) is 33.7. The van der Waals surface area contributed by atoms with Crippen LogP contribution < -0.4 is 0 Å². The Labute approximate surface area is 614 Å². The van der Waals surface area contributed by atoms with Gasteiger partial charge in [-0.1, -0.05) is 109 Å². The van der Waals surface area contributed by atoms with Crippen molar-refractivity contribution >= 4 is 21.5 Å². The fraction of sp³-hybridized carbons (Fsp3) is 0.190. The summed E-state index contributed by atoms with van der Waals surface area (Å²) in [5.41, 5.74) is -18.9. The summed E-state index contributed by atoms with van der Waals surface area (Å²) in [6, 6.07) is 41.1. The summed E-state index contributed by atoms with van der Waals surface area (Å²) in [5, 5.41) is 1.20. The third-order valence-electron chi connectivity index (χ3n) is 19.9. The molecule has 12 aromatic carbocycles. The van der Waals surface area contributed by atoms with Crippen LogP contribution in [0.1, 0.15) is 66.8 Å². The van der Waals surface area contributed by atoms with E-state index in [4.69, 9.17) is 9.47 Å². The van der Waals surface area contributed by atoms with Crippen molar-refractivity contribution in [3.8, 4) is 77.9 Å². The summed E-state index contributed by atoms with van der Waals surface area (Å²) in [5.74, 6) is 0. The molecule has 1 saturated heterocycles. The third kappa shape index (κ3) is 16.2. The molecule has 0 amide bonds. The first-order valence-electron chi connectivity index (χ1n) is 33.7. The van der Waals surface area contributed by atoms with Crippen molar-refractivity contribution in [2.45, 2.75) is 87.9 Å². The molecule has 0 aliphatic carbocycles. The summed E-state index contributed by atoms with van der Waals surface area (Å²) < 4.78 is 372. The van der Waals surface area contributed by atoms with Gasteiger partial charge < -0.3 is 14.0 Å². The summed E-state index contributed by atoms with van der Waals surface area (Å²) in [4.78, 5) is 0. The molecule has 3 nitrogen and oxygen atoms in total. The smallest absolute Gasteiger partial charge is 0.365 e. The second-order valence-corrected chi connectivity index (χ2v) is 27.5. The Kier molecular flexibility index (Phi) is 19.4. The first-order chi connectivity index (χ1) is 51.9. The number of quaternary nitrogens is 1. The zero-order valence-electron chi connectivity index (χ0n) is 56.7. The van der Waals surface area contributed by atoms with Gasteiger partial charge in [0.1, 0.15) is 38.4 Å². The SMILES string of the molecule is FC(F)(F)c1cc(-c2cc(-c3cc(C(F)(F)F)cc(C(F)(F)F)c3)cc(-c3cc4ccccc4c4c3C[N+]3(Cc5c(-c6cc(-c7cc(C(F)(F)F)cc(C(F)(F)F)c7)cc(-c7cc(C(F)(F)F)cc(C(F)(F)F)c7)c6)cc6ccccc6c5-4)C[C@@H](OCc4ccccc4)[C@H](OCc4ccccc4)C3)c2)cc(C(F)(F)F)c1. The van der Waals surface area contributed by atoms with Gasteiger partial charge in [0.15, 0.2) is 0 Å². The average molecular weight is 1560 g/mol. The Bertz CT molecular complexity index is 4910. The van der Waals surface area contributed by atoms with Gasteiger partial charge in [-0.2, -0.15) is 105 Å². The molecule has 12 aromatic rings. The van der Waals surface area contributed by atoms with E-state index in [1.165, 1.54) is 12.1 Å². The molecule has 1 spiro atoms. The molecule has 0 bridgehead atoms. The molecular weight excluding hydrogens is 1510 g/mol. The molecule has 2 heterocycles. The van der Waals surface area contributed by atoms with Crippen LogP contribution in [0.2, 0.25) is 0 Å². The van der Waals surface area contributed by atoms with Crippen LogP contribution in [0.5, 0.6) is 0 Å². The van der Waals surface area contributed by atoms with Crippen LogP contribution in [-0.4, -0.2) is 29.8 Å². The fourth-order valence-electron chi connectivity index (χ4n) is 14.8. The van der Waals surface area contributed by atoms with Crippen molar-refractivity contribution in [3.63, 3.8) is 0 Å². The molecule has 14 rings (SSSR count). The predicted octanol–water partition coefficient (Wildman–Crippen LogP) is 26.8. The van der Waals surface area contributed by atoms with Crippen LogP contribution in [0.15, 0.2) is 231 Å². The Morgan fingerprint density at radius 3 is 0.730 bits per heavy atom. The van der Waals surface area contributed by atoms with Gasteiger partial charge >= 0.3 is 49.4 Å². The maximum atomic E-state index is 14.9. The molecule has 0 aromatic heterocycles. The molecule has 2 aliphatic heterocycles. The lowest BCUT2D eigenvalue weighted by Gasteiger charge is -2.35. The zero-order valence-corrected chi connectivity index (χ0v) is 56.7. The lowest BCUT2D eigenvalue weighted by Crippen LogP contribution is -2.45. The van der Waals surface area contributed by atoms with Gasteiger partial charge in [-0.3, -0.25) is 0 Å². The number of alkyl halides is 24. The Morgan fingerprint density at radius 1 is 0.252 bits per heavy atom. The maximum Gasteiger partial charge on any atom is 0.416 e. The quantitative estimate of drug-likeness (QED) is 0.0897. The number of fused-ring (bicyclic) bond motifs is 7. The number of halogens is 24. The normalized spacial score (nSPS) is 15.8. The summed E-state index contributed by atoms with van der Waals surface area (Å²) in [6.07, 6.45) is -46.0. The van der Waals surface area contributed by atoms with Crippen molar-refractivity contribution in [3.05, 3.63) is 297 Å². The van der Waals surface area contributed by atoms with E-state index < -0.39 is 151 Å². The minimum atomic E-state index is -5.50. The number of hydrogen-bond acceptors (Lipinski definition) is 2. The molecule has 0 saturated carbocycles. The van der Waals surface area contributed by atoms with E-state index in [2.05, 4.69) is 0 Å². The van der Waals surface area contributed by atoms with Gasteiger partial charge in [-0.15, -0.1) is 0 Å². The molecule has 0 radical (unpaired) electrons. The molecule has 27 heteroatoms.